The standard InChI is InChI=1S/C17H16N6O/c1-11(2)15(21-14-5-3-4-13(10-18)20-14)17-22-16(23-24-17)12-6-8-19-9-7-12/h3-9,11,15H,1-2H3,(H,20,21). The van der Waals surface area contributed by atoms with Gasteiger partial charge in [-0.05, 0) is 30.2 Å². The Kier molecular flexibility index (Phi) is 4.47. The number of anilines is 1. The summed E-state index contributed by atoms with van der Waals surface area (Å²) in [5.74, 6) is 1.76. The van der Waals surface area contributed by atoms with Gasteiger partial charge in [-0.1, -0.05) is 25.1 Å². The lowest BCUT2D eigenvalue weighted by molar-refractivity contribution is 0.335. The van der Waals surface area contributed by atoms with E-state index in [0.29, 0.717) is 23.2 Å². The fourth-order valence-electron chi connectivity index (χ4n) is 2.23. The Labute approximate surface area is 139 Å². The van der Waals surface area contributed by atoms with E-state index in [-0.39, 0.29) is 12.0 Å². The zero-order valence-corrected chi connectivity index (χ0v) is 13.3. The van der Waals surface area contributed by atoms with E-state index in [4.69, 9.17) is 9.78 Å². The molecule has 1 N–H and O–H groups in total. The van der Waals surface area contributed by atoms with E-state index in [0.717, 1.165) is 5.56 Å². The van der Waals surface area contributed by atoms with E-state index < -0.39 is 0 Å². The normalized spacial score (nSPS) is 11.9. The molecule has 0 saturated carbocycles. The highest BCUT2D eigenvalue weighted by atomic mass is 16.5. The molecule has 0 aliphatic rings. The van der Waals surface area contributed by atoms with Crippen molar-refractivity contribution in [2.75, 3.05) is 5.32 Å². The summed E-state index contributed by atoms with van der Waals surface area (Å²) in [6.45, 7) is 4.09. The molecule has 0 amide bonds. The third kappa shape index (κ3) is 3.38. The zero-order chi connectivity index (χ0) is 16.9. The molecular weight excluding hydrogens is 304 g/mol. The second-order valence-corrected chi connectivity index (χ2v) is 5.58. The van der Waals surface area contributed by atoms with Crippen molar-refractivity contribution in [3.8, 4) is 17.5 Å². The van der Waals surface area contributed by atoms with Crippen LogP contribution in [0.3, 0.4) is 0 Å². The Morgan fingerprint density at radius 3 is 2.62 bits per heavy atom. The number of nitrogens with zero attached hydrogens (tertiary/aromatic N) is 5. The molecule has 0 bridgehead atoms. The van der Waals surface area contributed by atoms with Crippen LogP contribution < -0.4 is 5.32 Å². The van der Waals surface area contributed by atoms with Crippen molar-refractivity contribution in [2.24, 2.45) is 5.92 Å². The molecule has 0 aromatic carbocycles. The molecule has 1 unspecified atom stereocenters. The Hall–Kier alpha value is -3.27. The van der Waals surface area contributed by atoms with Gasteiger partial charge in [0.25, 0.3) is 0 Å². The molecule has 3 heterocycles. The van der Waals surface area contributed by atoms with Gasteiger partial charge in [0.05, 0.1) is 0 Å². The zero-order valence-electron chi connectivity index (χ0n) is 13.3. The SMILES string of the molecule is CC(C)C(Nc1cccc(C#N)n1)c1nc(-c2ccncc2)no1. The van der Waals surface area contributed by atoms with Crippen molar-refractivity contribution in [2.45, 2.75) is 19.9 Å². The number of hydrogen-bond acceptors (Lipinski definition) is 7. The molecular formula is C17H16N6O. The smallest absolute Gasteiger partial charge is 0.249 e. The maximum atomic E-state index is 8.97. The molecule has 0 saturated heterocycles. The summed E-state index contributed by atoms with van der Waals surface area (Å²) in [7, 11) is 0. The molecule has 120 valence electrons. The molecule has 7 heteroatoms. The lowest BCUT2D eigenvalue weighted by Crippen LogP contribution is -2.18. The van der Waals surface area contributed by atoms with Crippen LogP contribution in [0, 0.1) is 17.2 Å². The number of hydrogen-bond donors (Lipinski definition) is 1. The Balaban J connectivity index is 1.86. The molecule has 7 nitrogen and oxygen atoms in total. The lowest BCUT2D eigenvalue weighted by atomic mass is 10.0. The predicted octanol–water partition coefficient (Wildman–Crippen LogP) is 3.21. The Bertz CT molecular complexity index is 853. The largest absolute Gasteiger partial charge is 0.358 e. The minimum atomic E-state index is -0.213. The van der Waals surface area contributed by atoms with Crippen molar-refractivity contribution in [3.05, 3.63) is 54.3 Å². The molecule has 0 aliphatic heterocycles. The van der Waals surface area contributed by atoms with Gasteiger partial charge in [0, 0.05) is 18.0 Å². The molecule has 3 aromatic heterocycles. The monoisotopic (exact) mass is 320 g/mol. The summed E-state index contributed by atoms with van der Waals surface area (Å²) in [5.41, 5.74) is 1.19. The van der Waals surface area contributed by atoms with Crippen LogP contribution in [0.15, 0.2) is 47.2 Å². The van der Waals surface area contributed by atoms with Crippen molar-refractivity contribution < 1.29 is 4.52 Å². The molecule has 24 heavy (non-hydrogen) atoms. The van der Waals surface area contributed by atoms with E-state index >= 15 is 0 Å². The first-order valence-electron chi connectivity index (χ1n) is 7.55. The Morgan fingerprint density at radius 2 is 1.92 bits per heavy atom. The van der Waals surface area contributed by atoms with Crippen molar-refractivity contribution in [1.29, 1.82) is 5.26 Å². The van der Waals surface area contributed by atoms with E-state index in [1.54, 1.807) is 30.6 Å². The topological polar surface area (TPSA) is 101 Å². The highest BCUT2D eigenvalue weighted by molar-refractivity contribution is 5.52. The molecule has 0 radical (unpaired) electrons. The molecule has 1 atom stereocenters. The van der Waals surface area contributed by atoms with Gasteiger partial charge in [0.2, 0.25) is 11.7 Å². The van der Waals surface area contributed by atoms with E-state index in [1.807, 2.05) is 32.0 Å². The van der Waals surface area contributed by atoms with Gasteiger partial charge >= 0.3 is 0 Å². The molecule has 3 aromatic rings. The molecule has 0 aliphatic carbocycles. The van der Waals surface area contributed by atoms with Crippen LogP contribution in [-0.2, 0) is 0 Å². The number of rotatable bonds is 5. The molecule has 3 rings (SSSR count). The van der Waals surface area contributed by atoms with Gasteiger partial charge in [-0.2, -0.15) is 10.2 Å². The summed E-state index contributed by atoms with van der Waals surface area (Å²) in [6, 6.07) is 10.7. The van der Waals surface area contributed by atoms with E-state index in [2.05, 4.69) is 25.4 Å². The fourth-order valence-corrected chi connectivity index (χ4v) is 2.23. The second-order valence-electron chi connectivity index (χ2n) is 5.58. The van der Waals surface area contributed by atoms with Crippen LogP contribution in [0.1, 0.15) is 31.5 Å². The van der Waals surface area contributed by atoms with Crippen molar-refractivity contribution in [3.63, 3.8) is 0 Å². The highest BCUT2D eigenvalue weighted by Gasteiger charge is 2.23. The predicted molar refractivity (Wildman–Crippen MR) is 87.7 cm³/mol. The summed E-state index contributed by atoms with van der Waals surface area (Å²) in [5, 5.41) is 16.3. The Morgan fingerprint density at radius 1 is 1.12 bits per heavy atom. The maximum absolute atomic E-state index is 8.97. The van der Waals surface area contributed by atoms with Gasteiger partial charge in [-0.25, -0.2) is 4.98 Å². The maximum Gasteiger partial charge on any atom is 0.249 e. The first-order chi connectivity index (χ1) is 11.7. The minimum Gasteiger partial charge on any atom is -0.358 e. The quantitative estimate of drug-likeness (QED) is 0.770. The summed E-state index contributed by atoms with van der Waals surface area (Å²) in [4.78, 5) is 12.7. The van der Waals surface area contributed by atoms with Gasteiger partial charge in [-0.15, -0.1) is 0 Å². The fraction of sp³-hybridized carbons (Fsp3) is 0.235. The minimum absolute atomic E-state index is 0.184. The number of pyridine rings is 2. The first kappa shape index (κ1) is 15.6. The summed E-state index contributed by atoms with van der Waals surface area (Å²) in [6.07, 6.45) is 3.36. The third-order valence-electron chi connectivity index (χ3n) is 3.48. The van der Waals surface area contributed by atoms with Gasteiger partial charge in [0.1, 0.15) is 23.6 Å². The van der Waals surface area contributed by atoms with Crippen LogP contribution in [-0.4, -0.2) is 20.1 Å². The highest BCUT2D eigenvalue weighted by Crippen LogP contribution is 2.26. The average Bonchev–Trinajstić information content (AvgIpc) is 3.10. The summed E-state index contributed by atoms with van der Waals surface area (Å²) >= 11 is 0. The van der Waals surface area contributed by atoms with Crippen LogP contribution in [0.2, 0.25) is 0 Å². The van der Waals surface area contributed by atoms with Gasteiger partial charge in [-0.3, -0.25) is 4.98 Å². The number of aromatic nitrogens is 4. The van der Waals surface area contributed by atoms with E-state index in [9.17, 15) is 0 Å². The lowest BCUT2D eigenvalue weighted by Gasteiger charge is -2.19. The summed E-state index contributed by atoms with van der Waals surface area (Å²) < 4.78 is 5.43. The van der Waals surface area contributed by atoms with Gasteiger partial charge in [0.15, 0.2) is 0 Å². The molecule has 0 spiro atoms. The van der Waals surface area contributed by atoms with Crippen LogP contribution in [0.4, 0.5) is 5.82 Å². The molecule has 0 fully saturated rings. The number of nitrogens with one attached hydrogen (secondary N) is 1. The third-order valence-corrected chi connectivity index (χ3v) is 3.48. The van der Waals surface area contributed by atoms with Gasteiger partial charge < -0.3 is 9.84 Å². The van der Waals surface area contributed by atoms with Crippen molar-refractivity contribution in [1.82, 2.24) is 20.1 Å². The van der Waals surface area contributed by atoms with Crippen LogP contribution in [0.5, 0.6) is 0 Å². The van der Waals surface area contributed by atoms with Crippen molar-refractivity contribution >= 4 is 5.82 Å². The number of nitriles is 1. The first-order valence-corrected chi connectivity index (χ1v) is 7.55. The second kappa shape index (κ2) is 6.87. The van der Waals surface area contributed by atoms with Crippen LogP contribution >= 0.6 is 0 Å². The van der Waals surface area contributed by atoms with E-state index in [1.165, 1.54) is 0 Å². The van der Waals surface area contributed by atoms with Crippen LogP contribution in [0.25, 0.3) is 11.4 Å². The average molecular weight is 320 g/mol.